The number of halogens is 2. The summed E-state index contributed by atoms with van der Waals surface area (Å²) in [4.78, 5) is 12.6. The largest absolute Gasteiger partial charge is 0.338 e. The van der Waals surface area contributed by atoms with E-state index in [2.05, 4.69) is 0 Å². The summed E-state index contributed by atoms with van der Waals surface area (Å²) in [6.07, 6.45) is 1.88. The molecular formula is C16H17Cl2NOS. The minimum Gasteiger partial charge on any atom is -0.338 e. The van der Waals surface area contributed by atoms with Crippen molar-refractivity contribution in [2.45, 2.75) is 23.6 Å². The van der Waals surface area contributed by atoms with Crippen LogP contribution in [0.15, 0.2) is 48.7 Å². The number of hydrogen-bond acceptors (Lipinski definition) is 2. The predicted octanol–water partition coefficient (Wildman–Crippen LogP) is 5.16. The van der Waals surface area contributed by atoms with Crippen LogP contribution < -0.4 is 0 Å². The van der Waals surface area contributed by atoms with Crippen LogP contribution in [0, 0.1) is 0 Å². The lowest BCUT2D eigenvalue weighted by Crippen LogP contribution is -2.26. The molecule has 0 spiro atoms. The number of carbonyl (C=O) groups excluding carboxylic acids is 1. The number of Topliss-reactive ketones (excluding diaryl/α,β-unsaturated/α-hetero) is 1. The van der Waals surface area contributed by atoms with E-state index in [1.165, 1.54) is 11.8 Å². The molecule has 0 aliphatic rings. The van der Waals surface area contributed by atoms with Gasteiger partial charge in [0.2, 0.25) is 9.45 Å². The van der Waals surface area contributed by atoms with Gasteiger partial charge in [-0.05, 0) is 30.4 Å². The first-order valence-corrected chi connectivity index (χ1v) is 8.50. The maximum absolute atomic E-state index is 12.6. The molecule has 0 saturated heterocycles. The summed E-state index contributed by atoms with van der Waals surface area (Å²) in [5.74, 6) is 0.402. The monoisotopic (exact) mass is 341 g/mol. The number of aromatic nitrogens is 1. The van der Waals surface area contributed by atoms with E-state index in [4.69, 9.17) is 23.2 Å². The highest BCUT2D eigenvalue weighted by Crippen LogP contribution is 2.38. The molecule has 21 heavy (non-hydrogen) atoms. The lowest BCUT2D eigenvalue weighted by molar-refractivity contribution is 0.0988. The molecule has 2 nitrogen and oxygen atoms in total. The maximum Gasteiger partial charge on any atom is 0.227 e. The van der Waals surface area contributed by atoms with Crippen LogP contribution in [0.25, 0.3) is 0 Å². The van der Waals surface area contributed by atoms with E-state index in [0.29, 0.717) is 11.4 Å². The number of ketones is 1. The molecule has 1 heterocycles. The molecule has 0 aliphatic heterocycles. The summed E-state index contributed by atoms with van der Waals surface area (Å²) in [6, 6.07) is 13.6. The number of rotatable bonds is 6. The SMILES string of the molecule is CCSC(Cl)(Cl)C(=O)c1cccn1[C@H](C)c1ccccc1. The van der Waals surface area contributed by atoms with Crippen molar-refractivity contribution >= 4 is 40.7 Å². The zero-order chi connectivity index (χ0) is 15.5. The fourth-order valence-electron chi connectivity index (χ4n) is 2.21. The van der Waals surface area contributed by atoms with Crippen LogP contribution in [0.4, 0.5) is 0 Å². The summed E-state index contributed by atoms with van der Waals surface area (Å²) >= 11 is 13.6. The highest BCUT2D eigenvalue weighted by atomic mass is 35.5. The van der Waals surface area contributed by atoms with Crippen molar-refractivity contribution in [3.05, 3.63) is 59.9 Å². The molecule has 0 radical (unpaired) electrons. The van der Waals surface area contributed by atoms with Gasteiger partial charge < -0.3 is 4.57 Å². The molecule has 5 heteroatoms. The van der Waals surface area contributed by atoms with Gasteiger partial charge >= 0.3 is 0 Å². The van der Waals surface area contributed by atoms with Gasteiger partial charge in [-0.15, -0.1) is 11.8 Å². The predicted molar refractivity (Wildman–Crippen MR) is 91.6 cm³/mol. The van der Waals surface area contributed by atoms with Gasteiger partial charge in [0.05, 0.1) is 11.7 Å². The van der Waals surface area contributed by atoms with Gasteiger partial charge in [-0.1, -0.05) is 60.5 Å². The first-order chi connectivity index (χ1) is 9.97. The van der Waals surface area contributed by atoms with Crippen molar-refractivity contribution in [1.82, 2.24) is 4.57 Å². The Kier molecular flexibility index (Phi) is 5.42. The second-order valence-electron chi connectivity index (χ2n) is 4.67. The van der Waals surface area contributed by atoms with E-state index < -0.39 is 3.67 Å². The molecule has 2 aromatic rings. The summed E-state index contributed by atoms with van der Waals surface area (Å²) < 4.78 is 0.467. The van der Waals surface area contributed by atoms with Crippen molar-refractivity contribution in [2.75, 3.05) is 5.75 Å². The highest BCUT2D eigenvalue weighted by Gasteiger charge is 2.36. The van der Waals surface area contributed by atoms with Gasteiger partial charge in [0.1, 0.15) is 0 Å². The Balaban J connectivity index is 2.33. The van der Waals surface area contributed by atoms with Crippen molar-refractivity contribution in [3.63, 3.8) is 0 Å². The average Bonchev–Trinajstić information content (AvgIpc) is 2.95. The number of benzene rings is 1. The Morgan fingerprint density at radius 2 is 1.90 bits per heavy atom. The second kappa shape index (κ2) is 6.91. The summed E-state index contributed by atoms with van der Waals surface area (Å²) in [6.45, 7) is 3.96. The van der Waals surface area contributed by atoms with Crippen LogP contribution in [-0.4, -0.2) is 19.8 Å². The number of alkyl halides is 2. The van der Waals surface area contributed by atoms with Crippen LogP contribution in [0.3, 0.4) is 0 Å². The van der Waals surface area contributed by atoms with E-state index in [0.717, 1.165) is 5.56 Å². The van der Waals surface area contributed by atoms with Gasteiger partial charge in [-0.2, -0.15) is 0 Å². The van der Waals surface area contributed by atoms with Crippen molar-refractivity contribution in [3.8, 4) is 0 Å². The molecule has 0 aliphatic carbocycles. The first-order valence-electron chi connectivity index (χ1n) is 6.75. The third-order valence-electron chi connectivity index (χ3n) is 3.30. The molecule has 0 saturated carbocycles. The molecule has 112 valence electrons. The van der Waals surface area contributed by atoms with Crippen LogP contribution in [-0.2, 0) is 0 Å². The lowest BCUT2D eigenvalue weighted by Gasteiger charge is -2.21. The Labute approximate surface area is 139 Å². The number of carbonyl (C=O) groups is 1. The molecule has 0 fully saturated rings. The molecule has 1 atom stereocenters. The summed E-state index contributed by atoms with van der Waals surface area (Å²) in [7, 11) is 0. The second-order valence-corrected chi connectivity index (χ2v) is 7.92. The van der Waals surface area contributed by atoms with Gasteiger partial charge in [0.25, 0.3) is 0 Å². The lowest BCUT2D eigenvalue weighted by atomic mass is 10.1. The zero-order valence-corrected chi connectivity index (χ0v) is 14.3. The molecule has 1 aromatic heterocycles. The Morgan fingerprint density at radius 3 is 2.52 bits per heavy atom. The van der Waals surface area contributed by atoms with Gasteiger partial charge in [-0.3, -0.25) is 4.79 Å². The summed E-state index contributed by atoms with van der Waals surface area (Å²) in [5, 5.41) is 0. The maximum atomic E-state index is 12.6. The fourth-order valence-corrected chi connectivity index (χ4v) is 3.66. The minimum atomic E-state index is -1.44. The standard InChI is InChI=1S/C16H17Cl2NOS/c1-3-21-16(17,18)15(20)14-10-7-11-19(14)12(2)13-8-5-4-6-9-13/h4-12H,3H2,1-2H3/t12-/m1/s1. The Bertz CT molecular complexity index is 610. The molecule has 0 amide bonds. The molecule has 0 unspecified atom stereocenters. The van der Waals surface area contributed by atoms with E-state index in [9.17, 15) is 4.79 Å². The van der Waals surface area contributed by atoms with Crippen LogP contribution in [0.1, 0.15) is 35.9 Å². The Morgan fingerprint density at radius 1 is 1.24 bits per heavy atom. The van der Waals surface area contributed by atoms with Crippen LogP contribution in [0.5, 0.6) is 0 Å². The van der Waals surface area contributed by atoms with Gasteiger partial charge in [0.15, 0.2) is 0 Å². The normalized spacial score (nSPS) is 13.1. The Hall–Kier alpha value is -0.900. The smallest absolute Gasteiger partial charge is 0.227 e. The van der Waals surface area contributed by atoms with Gasteiger partial charge in [0, 0.05) is 6.20 Å². The average molecular weight is 342 g/mol. The summed E-state index contributed by atoms with van der Waals surface area (Å²) in [5.41, 5.74) is 1.65. The quantitative estimate of drug-likeness (QED) is 0.534. The third-order valence-corrected chi connectivity index (χ3v) is 5.14. The van der Waals surface area contributed by atoms with Crippen molar-refractivity contribution < 1.29 is 4.79 Å². The van der Waals surface area contributed by atoms with Crippen molar-refractivity contribution in [2.24, 2.45) is 0 Å². The molecule has 1 aromatic carbocycles. The minimum absolute atomic E-state index is 0.0379. The van der Waals surface area contributed by atoms with Crippen LogP contribution >= 0.6 is 35.0 Å². The molecule has 2 rings (SSSR count). The third kappa shape index (κ3) is 3.65. The zero-order valence-electron chi connectivity index (χ0n) is 11.9. The van der Waals surface area contributed by atoms with E-state index in [1.54, 1.807) is 6.07 Å². The van der Waals surface area contributed by atoms with Crippen LogP contribution in [0.2, 0.25) is 0 Å². The number of hydrogen-bond donors (Lipinski definition) is 0. The van der Waals surface area contributed by atoms with E-state index in [-0.39, 0.29) is 11.8 Å². The van der Waals surface area contributed by atoms with E-state index in [1.807, 2.05) is 61.0 Å². The molecule has 0 bridgehead atoms. The topological polar surface area (TPSA) is 22.0 Å². The highest BCUT2D eigenvalue weighted by molar-refractivity contribution is 8.04. The fraction of sp³-hybridized carbons (Fsp3) is 0.312. The first kappa shape index (κ1) is 16.5. The number of thioether (sulfide) groups is 1. The molecule has 0 N–H and O–H groups in total. The van der Waals surface area contributed by atoms with Crippen molar-refractivity contribution in [1.29, 1.82) is 0 Å². The number of nitrogens with zero attached hydrogens (tertiary/aromatic N) is 1. The molecular weight excluding hydrogens is 325 g/mol. The van der Waals surface area contributed by atoms with Gasteiger partial charge in [-0.25, -0.2) is 0 Å². The van der Waals surface area contributed by atoms with E-state index >= 15 is 0 Å².